The van der Waals surface area contributed by atoms with Crippen LogP contribution in [-0.4, -0.2) is 16.1 Å². The molecule has 1 aliphatic carbocycles. The molecule has 0 fully saturated rings. The number of aromatic nitrogens is 2. The summed E-state index contributed by atoms with van der Waals surface area (Å²) in [6.07, 6.45) is 7.93. The lowest BCUT2D eigenvalue weighted by Crippen LogP contribution is -2.29. The minimum absolute atomic E-state index is 0.965. The molecule has 1 N–H and O–H groups in total. The number of rotatable bonds is 0. The molecular formula is C12H19N3. The zero-order valence-electron chi connectivity index (χ0n) is 9.26. The van der Waals surface area contributed by atoms with Crippen LogP contribution in [0.2, 0.25) is 0 Å². The van der Waals surface area contributed by atoms with Crippen molar-refractivity contribution < 1.29 is 0 Å². The molecule has 0 aromatic carbocycles. The average Bonchev–Trinajstić information content (AvgIpc) is 2.55. The second kappa shape index (κ2) is 3.97. The number of hydrogen-bond donors (Lipinski definition) is 1. The molecule has 0 unspecified atom stereocenters. The molecule has 1 aliphatic heterocycles. The van der Waals surface area contributed by atoms with Crippen LogP contribution in [0.15, 0.2) is 0 Å². The summed E-state index contributed by atoms with van der Waals surface area (Å²) in [7, 11) is 0. The second-order valence-corrected chi connectivity index (χ2v) is 4.66. The molecule has 2 heterocycles. The number of imidazole rings is 1. The molecule has 0 atom stereocenters. The third-order valence-corrected chi connectivity index (χ3v) is 3.61. The third kappa shape index (κ3) is 1.69. The van der Waals surface area contributed by atoms with Crippen molar-refractivity contribution in [3.8, 4) is 0 Å². The first-order chi connectivity index (χ1) is 7.45. The molecule has 0 bridgehead atoms. The number of aryl methyl sites for hydroxylation is 1. The van der Waals surface area contributed by atoms with Crippen molar-refractivity contribution in [3.63, 3.8) is 0 Å². The van der Waals surface area contributed by atoms with Gasteiger partial charge >= 0.3 is 0 Å². The summed E-state index contributed by atoms with van der Waals surface area (Å²) in [5.74, 6) is 1.27. The van der Waals surface area contributed by atoms with E-state index in [9.17, 15) is 0 Å². The van der Waals surface area contributed by atoms with Gasteiger partial charge in [-0.25, -0.2) is 4.98 Å². The largest absolute Gasteiger partial charge is 0.329 e. The van der Waals surface area contributed by atoms with Crippen molar-refractivity contribution in [2.45, 2.75) is 51.6 Å². The van der Waals surface area contributed by atoms with Crippen molar-refractivity contribution in [1.29, 1.82) is 0 Å². The predicted molar refractivity (Wildman–Crippen MR) is 59.8 cm³/mol. The van der Waals surface area contributed by atoms with Crippen molar-refractivity contribution in [3.05, 3.63) is 17.2 Å². The lowest BCUT2D eigenvalue weighted by molar-refractivity contribution is 0.488. The van der Waals surface area contributed by atoms with Crippen LogP contribution in [-0.2, 0) is 25.9 Å². The van der Waals surface area contributed by atoms with E-state index in [-0.39, 0.29) is 0 Å². The topological polar surface area (TPSA) is 29.9 Å². The van der Waals surface area contributed by atoms with E-state index < -0.39 is 0 Å². The van der Waals surface area contributed by atoms with Gasteiger partial charge in [0.15, 0.2) is 0 Å². The van der Waals surface area contributed by atoms with Crippen LogP contribution in [0.4, 0.5) is 0 Å². The van der Waals surface area contributed by atoms with E-state index in [1.165, 1.54) is 50.0 Å². The van der Waals surface area contributed by atoms with Crippen LogP contribution in [0.5, 0.6) is 0 Å². The Balaban J connectivity index is 1.98. The fourth-order valence-electron chi connectivity index (χ4n) is 2.80. The minimum atomic E-state index is 0.965. The molecule has 3 rings (SSSR count). The second-order valence-electron chi connectivity index (χ2n) is 4.66. The van der Waals surface area contributed by atoms with Crippen molar-refractivity contribution in [2.75, 3.05) is 6.54 Å². The van der Waals surface area contributed by atoms with Crippen LogP contribution in [0.25, 0.3) is 0 Å². The minimum Gasteiger partial charge on any atom is -0.329 e. The molecule has 0 saturated carbocycles. The highest BCUT2D eigenvalue weighted by atomic mass is 15.2. The Morgan fingerprint density at radius 3 is 2.87 bits per heavy atom. The number of nitrogens with one attached hydrogen (secondary N) is 1. The van der Waals surface area contributed by atoms with E-state index in [0.29, 0.717) is 0 Å². The van der Waals surface area contributed by atoms with Crippen molar-refractivity contribution >= 4 is 0 Å². The highest BCUT2D eigenvalue weighted by Gasteiger charge is 2.19. The molecule has 2 aliphatic rings. The summed E-state index contributed by atoms with van der Waals surface area (Å²) < 4.78 is 2.47. The smallest absolute Gasteiger partial charge is 0.123 e. The van der Waals surface area contributed by atoms with Gasteiger partial charge in [-0.05, 0) is 25.7 Å². The Morgan fingerprint density at radius 1 is 1.07 bits per heavy atom. The van der Waals surface area contributed by atoms with E-state index in [1.54, 1.807) is 5.69 Å². The fourth-order valence-corrected chi connectivity index (χ4v) is 2.80. The zero-order valence-corrected chi connectivity index (χ0v) is 9.26. The monoisotopic (exact) mass is 205 g/mol. The molecular weight excluding hydrogens is 186 g/mol. The van der Waals surface area contributed by atoms with Gasteiger partial charge in [0.05, 0.1) is 12.2 Å². The SMILES string of the molecule is C1CCCc2c(nc3n2CCNC3)CC1. The Labute approximate surface area is 90.9 Å². The molecule has 1 aromatic rings. The summed E-state index contributed by atoms with van der Waals surface area (Å²) in [5, 5.41) is 3.40. The van der Waals surface area contributed by atoms with Crippen LogP contribution in [0.1, 0.15) is 42.9 Å². The van der Waals surface area contributed by atoms with Gasteiger partial charge in [0.2, 0.25) is 0 Å². The number of fused-ring (bicyclic) bond motifs is 3. The average molecular weight is 205 g/mol. The fraction of sp³-hybridized carbons (Fsp3) is 0.750. The molecule has 3 heteroatoms. The van der Waals surface area contributed by atoms with E-state index >= 15 is 0 Å². The first kappa shape index (κ1) is 9.40. The lowest BCUT2D eigenvalue weighted by atomic mass is 10.0. The van der Waals surface area contributed by atoms with E-state index in [4.69, 9.17) is 4.98 Å². The third-order valence-electron chi connectivity index (χ3n) is 3.61. The number of nitrogens with zero attached hydrogens (tertiary/aromatic N) is 2. The maximum atomic E-state index is 4.79. The maximum absolute atomic E-state index is 4.79. The quantitative estimate of drug-likeness (QED) is 0.698. The highest BCUT2D eigenvalue weighted by molar-refractivity contribution is 5.19. The van der Waals surface area contributed by atoms with Crippen LogP contribution >= 0.6 is 0 Å². The van der Waals surface area contributed by atoms with Gasteiger partial charge in [0, 0.05) is 18.8 Å². The van der Waals surface area contributed by atoms with Crippen molar-refractivity contribution in [1.82, 2.24) is 14.9 Å². The summed E-state index contributed by atoms with van der Waals surface area (Å²) in [6.45, 7) is 3.19. The predicted octanol–water partition coefficient (Wildman–Crippen LogP) is 1.65. The maximum Gasteiger partial charge on any atom is 0.123 e. The molecule has 82 valence electrons. The van der Waals surface area contributed by atoms with Gasteiger partial charge < -0.3 is 9.88 Å². The Bertz CT molecular complexity index is 354. The first-order valence-electron chi connectivity index (χ1n) is 6.23. The van der Waals surface area contributed by atoms with Crippen LogP contribution in [0, 0.1) is 0 Å². The Hall–Kier alpha value is -0.830. The normalized spacial score (nSPS) is 21.3. The van der Waals surface area contributed by atoms with Gasteiger partial charge in [-0.1, -0.05) is 12.8 Å². The summed E-state index contributed by atoms with van der Waals surface area (Å²) >= 11 is 0. The summed E-state index contributed by atoms with van der Waals surface area (Å²) in [5.41, 5.74) is 2.94. The molecule has 3 nitrogen and oxygen atoms in total. The van der Waals surface area contributed by atoms with Gasteiger partial charge in [0.1, 0.15) is 5.82 Å². The Kier molecular flexibility index (Phi) is 2.49. The molecule has 15 heavy (non-hydrogen) atoms. The molecule has 0 amide bonds. The highest BCUT2D eigenvalue weighted by Crippen LogP contribution is 2.22. The number of hydrogen-bond acceptors (Lipinski definition) is 2. The molecule has 1 aromatic heterocycles. The van der Waals surface area contributed by atoms with Gasteiger partial charge in [-0.3, -0.25) is 0 Å². The van der Waals surface area contributed by atoms with Gasteiger partial charge in [-0.15, -0.1) is 0 Å². The van der Waals surface area contributed by atoms with Crippen LogP contribution < -0.4 is 5.32 Å². The van der Waals surface area contributed by atoms with Gasteiger partial charge in [0.25, 0.3) is 0 Å². The first-order valence-corrected chi connectivity index (χ1v) is 6.23. The Morgan fingerprint density at radius 2 is 1.93 bits per heavy atom. The summed E-state index contributed by atoms with van der Waals surface area (Å²) in [6, 6.07) is 0. The van der Waals surface area contributed by atoms with E-state index in [1.807, 2.05) is 0 Å². The summed E-state index contributed by atoms with van der Waals surface area (Å²) in [4.78, 5) is 4.79. The zero-order chi connectivity index (χ0) is 10.1. The van der Waals surface area contributed by atoms with E-state index in [2.05, 4.69) is 9.88 Å². The molecule has 0 saturated heterocycles. The van der Waals surface area contributed by atoms with Crippen LogP contribution in [0.3, 0.4) is 0 Å². The van der Waals surface area contributed by atoms with Gasteiger partial charge in [-0.2, -0.15) is 0 Å². The molecule has 0 spiro atoms. The lowest BCUT2D eigenvalue weighted by Gasteiger charge is -2.18. The standard InChI is InChI=1S/C12H19N3/c1-2-4-6-11-10(5-3-1)14-12-9-13-7-8-15(11)12/h13H,1-9H2. The molecule has 0 radical (unpaired) electrons. The van der Waals surface area contributed by atoms with Crippen molar-refractivity contribution in [2.24, 2.45) is 0 Å². The van der Waals surface area contributed by atoms with E-state index in [0.717, 1.165) is 19.6 Å².